The van der Waals surface area contributed by atoms with Crippen LogP contribution in [0.15, 0.2) is 0 Å². The molecule has 22 heavy (non-hydrogen) atoms. The Bertz CT molecular complexity index is 441. The maximum absolute atomic E-state index is 11.8. The molecule has 0 bridgehead atoms. The lowest BCUT2D eigenvalue weighted by Crippen LogP contribution is -2.49. The Labute approximate surface area is 134 Å². The predicted molar refractivity (Wildman–Crippen MR) is 87.8 cm³/mol. The summed E-state index contributed by atoms with van der Waals surface area (Å²) in [5.41, 5.74) is -0.592. The molecule has 0 fully saturated rings. The first kappa shape index (κ1) is 21.1. The van der Waals surface area contributed by atoms with Crippen molar-refractivity contribution in [2.45, 2.75) is 72.6 Å². The van der Waals surface area contributed by atoms with E-state index in [1.165, 1.54) is 0 Å². The van der Waals surface area contributed by atoms with Crippen LogP contribution in [0.3, 0.4) is 0 Å². The minimum atomic E-state index is -3.57. The van der Waals surface area contributed by atoms with Crippen molar-refractivity contribution in [1.82, 2.24) is 14.8 Å². The zero-order valence-corrected chi connectivity index (χ0v) is 15.5. The van der Waals surface area contributed by atoms with Gasteiger partial charge < -0.3 is 10.1 Å². The quantitative estimate of drug-likeness (QED) is 0.629. The van der Waals surface area contributed by atoms with E-state index in [0.29, 0.717) is 12.3 Å². The fourth-order valence-electron chi connectivity index (χ4n) is 1.80. The van der Waals surface area contributed by atoms with Gasteiger partial charge in [0.2, 0.25) is 0 Å². The number of hydrogen-bond acceptors (Lipinski definition) is 4. The van der Waals surface area contributed by atoms with Gasteiger partial charge in [-0.25, -0.2) is 9.52 Å². The molecule has 0 aromatic heterocycles. The molecule has 0 spiro atoms. The molecule has 0 heterocycles. The molecule has 1 amide bonds. The molecule has 7 nitrogen and oxygen atoms in total. The number of carbonyl (C=O) groups excluding carboxylic acids is 1. The van der Waals surface area contributed by atoms with Crippen molar-refractivity contribution in [3.63, 3.8) is 0 Å². The summed E-state index contributed by atoms with van der Waals surface area (Å²) in [6, 6.07) is -0.529. The maximum Gasteiger partial charge on any atom is 0.407 e. The van der Waals surface area contributed by atoms with E-state index in [-0.39, 0.29) is 18.6 Å². The van der Waals surface area contributed by atoms with Crippen molar-refractivity contribution < 1.29 is 17.9 Å². The predicted octanol–water partition coefficient (Wildman–Crippen LogP) is 1.76. The topological polar surface area (TPSA) is 96.5 Å². The third kappa shape index (κ3) is 11.8. The van der Waals surface area contributed by atoms with Crippen LogP contribution < -0.4 is 14.8 Å². The van der Waals surface area contributed by atoms with Crippen LogP contribution in [0.1, 0.15) is 54.9 Å². The third-order valence-corrected chi connectivity index (χ3v) is 3.72. The number of hydrogen-bond donors (Lipinski definition) is 3. The van der Waals surface area contributed by atoms with E-state index in [0.717, 1.165) is 0 Å². The Hall–Kier alpha value is -0.860. The lowest BCUT2D eigenvalue weighted by molar-refractivity contribution is 0.0499. The van der Waals surface area contributed by atoms with Gasteiger partial charge in [-0.05, 0) is 47.0 Å². The highest BCUT2D eigenvalue weighted by Crippen LogP contribution is 2.09. The van der Waals surface area contributed by atoms with Gasteiger partial charge >= 0.3 is 6.09 Å². The number of ether oxygens (including phenoxy) is 1. The summed E-state index contributed by atoms with van der Waals surface area (Å²) in [7, 11) is -3.57. The Balaban J connectivity index is 4.62. The molecule has 0 radical (unpaired) electrons. The van der Waals surface area contributed by atoms with E-state index < -0.39 is 21.9 Å². The zero-order chi connectivity index (χ0) is 17.6. The molecule has 0 aromatic rings. The van der Waals surface area contributed by atoms with Crippen LogP contribution in [-0.2, 0) is 14.9 Å². The normalized spacial score (nSPS) is 14.2. The Morgan fingerprint density at radius 2 is 1.68 bits per heavy atom. The van der Waals surface area contributed by atoms with E-state index in [2.05, 4.69) is 14.8 Å². The van der Waals surface area contributed by atoms with E-state index in [1.807, 2.05) is 13.8 Å². The van der Waals surface area contributed by atoms with E-state index >= 15 is 0 Å². The van der Waals surface area contributed by atoms with Gasteiger partial charge in [-0.3, -0.25) is 0 Å². The number of alkyl carbamates (subject to hydrolysis) is 1. The largest absolute Gasteiger partial charge is 0.444 e. The van der Waals surface area contributed by atoms with Gasteiger partial charge in [0, 0.05) is 18.6 Å². The Kier molecular flexibility index (Phi) is 8.35. The first-order chi connectivity index (χ1) is 9.81. The van der Waals surface area contributed by atoms with Crippen molar-refractivity contribution in [1.29, 1.82) is 0 Å². The lowest BCUT2D eigenvalue weighted by Gasteiger charge is -2.25. The molecule has 0 saturated heterocycles. The molecule has 8 heteroatoms. The minimum Gasteiger partial charge on any atom is -0.444 e. The van der Waals surface area contributed by atoms with Gasteiger partial charge in [-0.15, -0.1) is 0 Å². The number of amides is 1. The summed E-state index contributed by atoms with van der Waals surface area (Å²) in [5.74, 6) is 0.308. The zero-order valence-electron chi connectivity index (χ0n) is 14.7. The molecule has 0 saturated carbocycles. The molecule has 0 rings (SSSR count). The summed E-state index contributed by atoms with van der Waals surface area (Å²) in [6.45, 7) is 12.9. The van der Waals surface area contributed by atoms with Crippen LogP contribution in [0.2, 0.25) is 0 Å². The molecule has 132 valence electrons. The van der Waals surface area contributed by atoms with Gasteiger partial charge in [0.25, 0.3) is 10.2 Å². The second-order valence-electron chi connectivity index (χ2n) is 7.10. The summed E-state index contributed by atoms with van der Waals surface area (Å²) < 4.78 is 33.7. The summed E-state index contributed by atoms with van der Waals surface area (Å²) in [5, 5.41) is 2.71. The van der Waals surface area contributed by atoms with Crippen LogP contribution >= 0.6 is 0 Å². The average molecular weight is 337 g/mol. The number of rotatable bonds is 8. The van der Waals surface area contributed by atoms with Crippen LogP contribution in [0.25, 0.3) is 0 Å². The number of nitrogens with one attached hydrogen (secondary N) is 3. The van der Waals surface area contributed by atoms with E-state index in [1.54, 1.807) is 34.6 Å². The molecule has 3 N–H and O–H groups in total. The highest BCUT2D eigenvalue weighted by molar-refractivity contribution is 7.87. The van der Waals surface area contributed by atoms with E-state index in [9.17, 15) is 13.2 Å². The second kappa shape index (κ2) is 8.69. The molecular formula is C14H31N3O4S. The van der Waals surface area contributed by atoms with Crippen LogP contribution in [0.5, 0.6) is 0 Å². The maximum atomic E-state index is 11.8. The van der Waals surface area contributed by atoms with Gasteiger partial charge in [0.1, 0.15) is 5.60 Å². The van der Waals surface area contributed by atoms with Crippen molar-refractivity contribution in [2.24, 2.45) is 5.92 Å². The summed E-state index contributed by atoms with van der Waals surface area (Å²) in [4.78, 5) is 11.8. The second-order valence-corrected chi connectivity index (χ2v) is 8.63. The van der Waals surface area contributed by atoms with Gasteiger partial charge in [-0.1, -0.05) is 13.8 Å². The standard InChI is InChI=1S/C14H31N3O4S/c1-10(2)8-12(16-13(18)21-14(5,6)7)9-15-22(19,20)17-11(3)4/h10-12,15,17H,8-9H2,1-7H3,(H,16,18). The van der Waals surface area contributed by atoms with Crippen molar-refractivity contribution in [3.8, 4) is 0 Å². The fourth-order valence-corrected chi connectivity index (χ4v) is 2.92. The first-order valence-electron chi connectivity index (χ1n) is 7.57. The minimum absolute atomic E-state index is 0.111. The molecule has 0 aliphatic heterocycles. The molecule has 0 aliphatic rings. The SMILES string of the molecule is CC(C)CC(CNS(=O)(=O)NC(C)C)NC(=O)OC(C)(C)C. The van der Waals surface area contributed by atoms with Gasteiger partial charge in [0.15, 0.2) is 0 Å². The number of carbonyl (C=O) groups is 1. The van der Waals surface area contributed by atoms with E-state index in [4.69, 9.17) is 4.74 Å². The molecule has 1 unspecified atom stereocenters. The molecule has 0 aromatic carbocycles. The monoisotopic (exact) mass is 337 g/mol. The average Bonchev–Trinajstić information content (AvgIpc) is 2.20. The highest BCUT2D eigenvalue weighted by Gasteiger charge is 2.21. The van der Waals surface area contributed by atoms with Gasteiger partial charge in [0.05, 0.1) is 0 Å². The third-order valence-electron chi connectivity index (χ3n) is 2.39. The molecule has 1 atom stereocenters. The summed E-state index contributed by atoms with van der Waals surface area (Å²) >= 11 is 0. The summed E-state index contributed by atoms with van der Waals surface area (Å²) in [6.07, 6.45) is 0.0952. The van der Waals surface area contributed by atoms with Crippen molar-refractivity contribution in [3.05, 3.63) is 0 Å². The molecular weight excluding hydrogens is 306 g/mol. The van der Waals surface area contributed by atoms with Crippen molar-refractivity contribution in [2.75, 3.05) is 6.54 Å². The lowest BCUT2D eigenvalue weighted by atomic mass is 10.0. The smallest absolute Gasteiger partial charge is 0.407 e. The fraction of sp³-hybridized carbons (Fsp3) is 0.929. The van der Waals surface area contributed by atoms with Crippen LogP contribution in [0, 0.1) is 5.92 Å². The van der Waals surface area contributed by atoms with Crippen LogP contribution in [-0.4, -0.2) is 38.7 Å². The first-order valence-corrected chi connectivity index (χ1v) is 9.05. The Morgan fingerprint density at radius 1 is 1.14 bits per heavy atom. The van der Waals surface area contributed by atoms with Crippen LogP contribution in [0.4, 0.5) is 4.79 Å². The molecule has 0 aliphatic carbocycles. The highest BCUT2D eigenvalue weighted by atomic mass is 32.2. The van der Waals surface area contributed by atoms with Gasteiger partial charge in [-0.2, -0.15) is 13.1 Å². The van der Waals surface area contributed by atoms with Crippen molar-refractivity contribution >= 4 is 16.3 Å². The Morgan fingerprint density at radius 3 is 2.09 bits per heavy atom.